The lowest BCUT2D eigenvalue weighted by Crippen LogP contribution is -2.16. The molecule has 64 valence electrons. The Morgan fingerprint density at radius 1 is 1.58 bits per heavy atom. The first kappa shape index (κ1) is 8.71. The third-order valence-corrected chi connectivity index (χ3v) is 1.63. The van der Waals surface area contributed by atoms with Crippen molar-refractivity contribution in [1.29, 1.82) is 0 Å². The SMILES string of the molecule is CC(F)(C=O)c1cccc(O)c1. The molecule has 0 amide bonds. The van der Waals surface area contributed by atoms with Crippen LogP contribution in [-0.4, -0.2) is 11.4 Å². The molecule has 0 spiro atoms. The molecule has 12 heavy (non-hydrogen) atoms. The highest BCUT2D eigenvalue weighted by Gasteiger charge is 2.24. The summed E-state index contributed by atoms with van der Waals surface area (Å²) in [5.41, 5.74) is -1.85. The first-order chi connectivity index (χ1) is 5.56. The van der Waals surface area contributed by atoms with Gasteiger partial charge in [0, 0.05) is 0 Å². The number of benzene rings is 1. The number of phenolic OH excluding ortho intramolecular Hbond substituents is 1. The highest BCUT2D eigenvalue weighted by molar-refractivity contribution is 5.65. The van der Waals surface area contributed by atoms with Crippen molar-refractivity contribution in [3.63, 3.8) is 0 Å². The number of hydrogen-bond acceptors (Lipinski definition) is 2. The average molecular weight is 168 g/mol. The van der Waals surface area contributed by atoms with Gasteiger partial charge < -0.3 is 5.11 Å². The smallest absolute Gasteiger partial charge is 0.188 e. The second kappa shape index (κ2) is 2.93. The first-order valence-corrected chi connectivity index (χ1v) is 3.51. The molecule has 0 bridgehead atoms. The fourth-order valence-electron chi connectivity index (χ4n) is 0.878. The van der Waals surface area contributed by atoms with Crippen molar-refractivity contribution >= 4 is 6.29 Å². The molecule has 0 fully saturated rings. The van der Waals surface area contributed by atoms with E-state index < -0.39 is 5.67 Å². The Balaban J connectivity index is 3.11. The molecule has 0 radical (unpaired) electrons. The Labute approximate surface area is 69.6 Å². The minimum absolute atomic E-state index is 0.0433. The maximum atomic E-state index is 13.3. The molecular weight excluding hydrogens is 159 g/mol. The van der Waals surface area contributed by atoms with Crippen LogP contribution in [0, 0.1) is 0 Å². The van der Waals surface area contributed by atoms with E-state index in [9.17, 15) is 9.18 Å². The van der Waals surface area contributed by atoms with Crippen LogP contribution in [0.3, 0.4) is 0 Å². The number of halogens is 1. The second-order valence-corrected chi connectivity index (χ2v) is 2.74. The number of carbonyl (C=O) groups is 1. The minimum atomic E-state index is -2.02. The summed E-state index contributed by atoms with van der Waals surface area (Å²) >= 11 is 0. The van der Waals surface area contributed by atoms with Crippen LogP contribution in [0.2, 0.25) is 0 Å². The summed E-state index contributed by atoms with van der Waals surface area (Å²) in [5, 5.41) is 8.99. The summed E-state index contributed by atoms with van der Waals surface area (Å²) in [6, 6.07) is 5.60. The van der Waals surface area contributed by atoms with Crippen LogP contribution in [0.4, 0.5) is 4.39 Å². The molecule has 0 heterocycles. The zero-order valence-corrected chi connectivity index (χ0v) is 6.62. The molecule has 0 aliphatic heterocycles. The molecule has 1 atom stereocenters. The van der Waals surface area contributed by atoms with Gasteiger partial charge in [0.05, 0.1) is 0 Å². The number of carbonyl (C=O) groups excluding carboxylic acids is 1. The lowest BCUT2D eigenvalue weighted by Gasteiger charge is -2.12. The van der Waals surface area contributed by atoms with Crippen LogP contribution in [-0.2, 0) is 10.5 Å². The summed E-state index contributed by atoms with van der Waals surface area (Å²) in [6.07, 6.45) is 0.210. The van der Waals surface area contributed by atoms with Gasteiger partial charge >= 0.3 is 0 Å². The molecule has 1 rings (SSSR count). The van der Waals surface area contributed by atoms with Gasteiger partial charge in [-0.05, 0) is 24.6 Å². The molecule has 1 aromatic rings. The molecule has 1 unspecified atom stereocenters. The summed E-state index contributed by atoms with van der Waals surface area (Å²) in [5.74, 6) is -0.0433. The summed E-state index contributed by atoms with van der Waals surface area (Å²) in [4.78, 5) is 10.3. The third kappa shape index (κ3) is 1.61. The maximum absolute atomic E-state index is 13.3. The fraction of sp³-hybridized carbons (Fsp3) is 0.222. The van der Waals surface area contributed by atoms with E-state index in [1.165, 1.54) is 24.3 Å². The van der Waals surface area contributed by atoms with E-state index in [0.717, 1.165) is 6.92 Å². The normalized spacial score (nSPS) is 15.2. The zero-order valence-electron chi connectivity index (χ0n) is 6.62. The van der Waals surface area contributed by atoms with Crippen molar-refractivity contribution in [3.8, 4) is 5.75 Å². The van der Waals surface area contributed by atoms with Crippen LogP contribution in [0.15, 0.2) is 24.3 Å². The van der Waals surface area contributed by atoms with Gasteiger partial charge in [-0.25, -0.2) is 4.39 Å². The molecule has 1 aromatic carbocycles. The molecular formula is C9H9FO2. The van der Waals surface area contributed by atoms with Gasteiger partial charge in [-0.1, -0.05) is 12.1 Å². The monoisotopic (exact) mass is 168 g/mol. The molecule has 0 aliphatic rings. The Morgan fingerprint density at radius 3 is 2.75 bits per heavy atom. The van der Waals surface area contributed by atoms with Gasteiger partial charge in [0.2, 0.25) is 0 Å². The fourth-order valence-corrected chi connectivity index (χ4v) is 0.878. The number of aldehydes is 1. The van der Waals surface area contributed by atoms with Crippen molar-refractivity contribution in [2.75, 3.05) is 0 Å². The van der Waals surface area contributed by atoms with E-state index in [1.54, 1.807) is 0 Å². The zero-order chi connectivity index (χ0) is 9.19. The minimum Gasteiger partial charge on any atom is -0.508 e. The summed E-state index contributed by atoms with van der Waals surface area (Å²) in [7, 11) is 0. The highest BCUT2D eigenvalue weighted by Crippen LogP contribution is 2.25. The van der Waals surface area contributed by atoms with E-state index in [1.807, 2.05) is 0 Å². The van der Waals surface area contributed by atoms with Gasteiger partial charge in [-0.3, -0.25) is 4.79 Å². The number of alkyl halides is 1. The Kier molecular flexibility index (Phi) is 2.13. The lowest BCUT2D eigenvalue weighted by atomic mass is 10.00. The van der Waals surface area contributed by atoms with Crippen LogP contribution in [0.5, 0.6) is 5.75 Å². The lowest BCUT2D eigenvalue weighted by molar-refractivity contribution is -0.117. The van der Waals surface area contributed by atoms with Gasteiger partial charge in [-0.15, -0.1) is 0 Å². The van der Waals surface area contributed by atoms with Crippen molar-refractivity contribution in [2.24, 2.45) is 0 Å². The first-order valence-electron chi connectivity index (χ1n) is 3.51. The number of rotatable bonds is 2. The number of phenols is 1. The van der Waals surface area contributed by atoms with Crippen molar-refractivity contribution in [2.45, 2.75) is 12.6 Å². The van der Waals surface area contributed by atoms with Crippen molar-refractivity contribution in [1.82, 2.24) is 0 Å². The Morgan fingerprint density at radius 2 is 2.25 bits per heavy atom. The predicted molar refractivity (Wildman–Crippen MR) is 42.6 cm³/mol. The molecule has 0 aromatic heterocycles. The third-order valence-electron chi connectivity index (χ3n) is 1.63. The van der Waals surface area contributed by atoms with E-state index in [4.69, 9.17) is 5.11 Å². The standard InChI is InChI=1S/C9H9FO2/c1-9(10,6-11)7-3-2-4-8(12)5-7/h2-6,12H,1H3. The topological polar surface area (TPSA) is 37.3 Å². The van der Waals surface area contributed by atoms with Crippen LogP contribution in [0.1, 0.15) is 12.5 Å². The molecule has 0 aliphatic carbocycles. The molecule has 3 heteroatoms. The van der Waals surface area contributed by atoms with Gasteiger partial charge in [0.15, 0.2) is 12.0 Å². The van der Waals surface area contributed by atoms with Crippen molar-refractivity contribution in [3.05, 3.63) is 29.8 Å². The maximum Gasteiger partial charge on any atom is 0.188 e. The largest absolute Gasteiger partial charge is 0.508 e. The van der Waals surface area contributed by atoms with Crippen LogP contribution < -0.4 is 0 Å². The summed E-state index contributed by atoms with van der Waals surface area (Å²) < 4.78 is 13.3. The van der Waals surface area contributed by atoms with E-state index >= 15 is 0 Å². The molecule has 2 nitrogen and oxygen atoms in total. The van der Waals surface area contributed by atoms with E-state index in [0.29, 0.717) is 0 Å². The Hall–Kier alpha value is -1.38. The molecule has 1 N–H and O–H groups in total. The predicted octanol–water partition coefficient (Wildman–Crippen LogP) is 1.78. The van der Waals surface area contributed by atoms with Crippen LogP contribution in [0.25, 0.3) is 0 Å². The van der Waals surface area contributed by atoms with Crippen LogP contribution >= 0.6 is 0 Å². The van der Waals surface area contributed by atoms with Gasteiger partial charge in [0.1, 0.15) is 5.75 Å². The Bertz CT molecular complexity index is 294. The number of aromatic hydroxyl groups is 1. The van der Waals surface area contributed by atoms with Crippen molar-refractivity contribution < 1.29 is 14.3 Å². The summed E-state index contributed by atoms with van der Waals surface area (Å²) in [6.45, 7) is 1.15. The van der Waals surface area contributed by atoms with Gasteiger partial charge in [-0.2, -0.15) is 0 Å². The molecule has 0 saturated carbocycles. The van der Waals surface area contributed by atoms with Gasteiger partial charge in [0.25, 0.3) is 0 Å². The quantitative estimate of drug-likeness (QED) is 0.683. The van der Waals surface area contributed by atoms with E-state index in [-0.39, 0.29) is 17.6 Å². The average Bonchev–Trinajstić information content (AvgIpc) is 2.05. The molecule has 0 saturated heterocycles. The van der Waals surface area contributed by atoms with E-state index in [2.05, 4.69) is 0 Å². The highest BCUT2D eigenvalue weighted by atomic mass is 19.1. The number of hydrogen-bond donors (Lipinski definition) is 1. The second-order valence-electron chi connectivity index (χ2n) is 2.74.